The normalized spacial score (nSPS) is 9.71. The van der Waals surface area contributed by atoms with Gasteiger partial charge in [0.05, 0.1) is 0 Å². The molecule has 0 saturated heterocycles. The number of hydrogen-bond acceptors (Lipinski definition) is 2. The number of aromatic nitrogens is 2. The lowest BCUT2D eigenvalue weighted by Gasteiger charge is -2.07. The molecule has 0 aliphatic heterocycles. The van der Waals surface area contributed by atoms with Crippen LogP contribution in [0.1, 0.15) is 57.2 Å². The molecule has 0 amide bonds. The van der Waals surface area contributed by atoms with E-state index in [0.29, 0.717) is 0 Å². The number of hydrogen-bond donors (Lipinski definition) is 1. The predicted molar refractivity (Wildman–Crippen MR) is 152 cm³/mol. The van der Waals surface area contributed by atoms with Crippen molar-refractivity contribution in [3.8, 4) is 0 Å². The smallest absolute Gasteiger partial charge is 0.0482 e. The molecule has 0 fully saturated rings. The lowest BCUT2D eigenvalue weighted by molar-refractivity contribution is 0.694. The summed E-state index contributed by atoms with van der Waals surface area (Å²) in [6.07, 6.45) is 2.96. The number of nitrogens with zero attached hydrogens (tertiary/aromatic N) is 2. The molecule has 34 heavy (non-hydrogen) atoms. The fourth-order valence-corrected chi connectivity index (χ4v) is 3.64. The molecule has 3 nitrogen and oxygen atoms in total. The SMILES string of the molecule is C=C.CC.CCc1cc2cc(CNCc3ccccc3)ccc2n1CC.Cc1ccc(C)nc1.[HH]. The molecule has 2 heterocycles. The largest absolute Gasteiger partial charge is 0.345 e. The summed E-state index contributed by atoms with van der Waals surface area (Å²) in [6.45, 7) is 21.3. The van der Waals surface area contributed by atoms with Crippen molar-refractivity contribution in [3.05, 3.63) is 114 Å². The molecule has 0 aliphatic carbocycles. The van der Waals surface area contributed by atoms with Gasteiger partial charge >= 0.3 is 0 Å². The zero-order valence-corrected chi connectivity index (χ0v) is 22.1. The van der Waals surface area contributed by atoms with E-state index in [4.69, 9.17) is 0 Å². The minimum atomic E-state index is 0. The summed E-state index contributed by atoms with van der Waals surface area (Å²) in [4.78, 5) is 4.08. The molecular formula is C31H45N3. The maximum Gasteiger partial charge on any atom is 0.0482 e. The average molecular weight is 460 g/mol. The topological polar surface area (TPSA) is 29.9 Å². The molecule has 1 N–H and O–H groups in total. The highest BCUT2D eigenvalue weighted by molar-refractivity contribution is 5.82. The number of rotatable bonds is 6. The Kier molecular flexibility index (Phi) is 14.0. The van der Waals surface area contributed by atoms with Crippen LogP contribution in [0.15, 0.2) is 86.1 Å². The highest BCUT2D eigenvalue weighted by Gasteiger charge is 2.06. The molecule has 0 saturated carbocycles. The van der Waals surface area contributed by atoms with E-state index >= 15 is 0 Å². The first kappa shape index (κ1) is 28.9. The summed E-state index contributed by atoms with van der Waals surface area (Å²) < 4.78 is 2.41. The van der Waals surface area contributed by atoms with E-state index in [2.05, 4.69) is 103 Å². The summed E-state index contributed by atoms with van der Waals surface area (Å²) in [5.41, 5.74) is 7.75. The fraction of sp³-hybridized carbons (Fsp3) is 0.323. The van der Waals surface area contributed by atoms with Crippen LogP contribution in [0.4, 0.5) is 0 Å². The second kappa shape index (κ2) is 16.4. The van der Waals surface area contributed by atoms with Crippen LogP contribution in [-0.4, -0.2) is 9.55 Å². The summed E-state index contributed by atoms with van der Waals surface area (Å²) >= 11 is 0. The predicted octanol–water partition coefficient (Wildman–Crippen LogP) is 8.29. The number of benzene rings is 2. The van der Waals surface area contributed by atoms with Crippen molar-refractivity contribution in [1.82, 2.24) is 14.9 Å². The van der Waals surface area contributed by atoms with Gasteiger partial charge in [0.1, 0.15) is 0 Å². The zero-order valence-electron chi connectivity index (χ0n) is 22.1. The monoisotopic (exact) mass is 459 g/mol. The average Bonchev–Trinajstić information content (AvgIpc) is 3.26. The van der Waals surface area contributed by atoms with Gasteiger partial charge in [0, 0.05) is 49.5 Å². The van der Waals surface area contributed by atoms with Gasteiger partial charge in [-0.3, -0.25) is 4.98 Å². The lowest BCUT2D eigenvalue weighted by atomic mass is 10.1. The number of aryl methyl sites for hydroxylation is 4. The third-order valence-corrected chi connectivity index (χ3v) is 5.29. The molecule has 4 aromatic rings. The summed E-state index contributed by atoms with van der Waals surface area (Å²) in [6, 6.07) is 23.8. The number of pyridine rings is 1. The van der Waals surface area contributed by atoms with Gasteiger partial charge in [0.2, 0.25) is 0 Å². The van der Waals surface area contributed by atoms with Crippen molar-refractivity contribution in [2.24, 2.45) is 0 Å². The van der Waals surface area contributed by atoms with E-state index in [0.717, 1.165) is 31.7 Å². The fourth-order valence-electron chi connectivity index (χ4n) is 3.64. The van der Waals surface area contributed by atoms with E-state index < -0.39 is 0 Å². The van der Waals surface area contributed by atoms with Crippen molar-refractivity contribution >= 4 is 10.9 Å². The molecule has 184 valence electrons. The Balaban J connectivity index is 0.000000749. The van der Waals surface area contributed by atoms with Crippen molar-refractivity contribution in [3.63, 3.8) is 0 Å². The van der Waals surface area contributed by atoms with Crippen molar-refractivity contribution in [1.29, 1.82) is 0 Å². The molecule has 0 atom stereocenters. The third-order valence-electron chi connectivity index (χ3n) is 5.29. The highest BCUT2D eigenvalue weighted by atomic mass is 15.0. The number of nitrogens with one attached hydrogen (secondary N) is 1. The van der Waals surface area contributed by atoms with Crippen molar-refractivity contribution in [2.75, 3.05) is 0 Å². The molecule has 2 aromatic carbocycles. The Morgan fingerprint density at radius 2 is 1.53 bits per heavy atom. The first-order valence-corrected chi connectivity index (χ1v) is 12.4. The first-order chi connectivity index (χ1) is 16.6. The third kappa shape index (κ3) is 8.99. The Morgan fingerprint density at radius 1 is 0.853 bits per heavy atom. The molecule has 0 unspecified atom stereocenters. The van der Waals surface area contributed by atoms with Gasteiger partial charge in [-0.05, 0) is 68.1 Å². The highest BCUT2D eigenvalue weighted by Crippen LogP contribution is 2.22. The van der Waals surface area contributed by atoms with E-state index in [1.54, 1.807) is 0 Å². The standard InChI is InChI=1S/C20H24N2.C7H9N.C2H6.C2H4.H2/c1-3-19-13-18-12-17(10-11-20(18)22(19)4-2)15-21-14-16-8-6-5-7-9-16;1-6-3-4-7(2)8-5-6;2*1-2;/h5-13,21H,3-4,14-15H2,1-2H3;3-5H,1-2H3;1-2H3;1-2H2;1H. The van der Waals surface area contributed by atoms with Gasteiger partial charge < -0.3 is 9.88 Å². The molecule has 0 radical (unpaired) electrons. The van der Waals surface area contributed by atoms with Crippen LogP contribution in [-0.2, 0) is 26.1 Å². The van der Waals surface area contributed by atoms with Gasteiger partial charge in [0.25, 0.3) is 0 Å². The summed E-state index contributed by atoms with van der Waals surface area (Å²) in [7, 11) is 0. The van der Waals surface area contributed by atoms with Gasteiger partial charge in [-0.2, -0.15) is 0 Å². The molecule has 0 aliphatic rings. The summed E-state index contributed by atoms with van der Waals surface area (Å²) in [5.74, 6) is 0. The Morgan fingerprint density at radius 3 is 2.09 bits per heavy atom. The van der Waals surface area contributed by atoms with Crippen LogP contribution < -0.4 is 5.32 Å². The van der Waals surface area contributed by atoms with E-state index in [-0.39, 0.29) is 1.43 Å². The van der Waals surface area contributed by atoms with E-state index in [1.807, 2.05) is 40.0 Å². The van der Waals surface area contributed by atoms with E-state index in [9.17, 15) is 0 Å². The van der Waals surface area contributed by atoms with Crippen molar-refractivity contribution in [2.45, 2.75) is 67.6 Å². The molecule has 3 heteroatoms. The van der Waals surface area contributed by atoms with Gasteiger partial charge in [-0.1, -0.05) is 63.2 Å². The molecule has 4 rings (SSSR count). The zero-order chi connectivity index (χ0) is 25.3. The van der Waals surface area contributed by atoms with Crippen LogP contribution in [0.3, 0.4) is 0 Å². The lowest BCUT2D eigenvalue weighted by Crippen LogP contribution is -2.12. The molecule has 2 aromatic heterocycles. The van der Waals surface area contributed by atoms with Crippen LogP contribution >= 0.6 is 0 Å². The molecule has 0 spiro atoms. The van der Waals surface area contributed by atoms with Crippen LogP contribution in [0, 0.1) is 13.8 Å². The Hall–Kier alpha value is -3.17. The Labute approximate surface area is 209 Å². The minimum Gasteiger partial charge on any atom is -0.345 e. The second-order valence-corrected chi connectivity index (χ2v) is 7.69. The second-order valence-electron chi connectivity index (χ2n) is 7.69. The quantitative estimate of drug-likeness (QED) is 0.294. The molecule has 0 bridgehead atoms. The number of fused-ring (bicyclic) bond motifs is 1. The van der Waals surface area contributed by atoms with Crippen LogP contribution in [0.25, 0.3) is 10.9 Å². The van der Waals surface area contributed by atoms with Crippen LogP contribution in [0.2, 0.25) is 0 Å². The van der Waals surface area contributed by atoms with Crippen LogP contribution in [0.5, 0.6) is 0 Å². The van der Waals surface area contributed by atoms with E-state index in [1.165, 1.54) is 33.3 Å². The Bertz CT molecular complexity index is 1050. The first-order valence-electron chi connectivity index (χ1n) is 12.4. The molecular weight excluding hydrogens is 414 g/mol. The van der Waals surface area contributed by atoms with Gasteiger partial charge in [-0.15, -0.1) is 13.2 Å². The minimum absolute atomic E-state index is 0. The maximum atomic E-state index is 4.08. The van der Waals surface area contributed by atoms with Gasteiger partial charge in [-0.25, -0.2) is 0 Å². The maximum absolute atomic E-state index is 4.08. The van der Waals surface area contributed by atoms with Gasteiger partial charge in [0.15, 0.2) is 0 Å². The summed E-state index contributed by atoms with van der Waals surface area (Å²) in [5, 5.41) is 4.88. The van der Waals surface area contributed by atoms with Crippen molar-refractivity contribution < 1.29 is 1.43 Å².